The minimum absolute atomic E-state index is 0.0198. The number of nitrogens with zero attached hydrogens (tertiary/aromatic N) is 3. The maximum atomic E-state index is 12.8. The normalized spacial score (nSPS) is 19.7. The van der Waals surface area contributed by atoms with Crippen LogP contribution in [0.15, 0.2) is 40.9 Å². The van der Waals surface area contributed by atoms with Crippen LogP contribution in [0.3, 0.4) is 0 Å². The van der Waals surface area contributed by atoms with Gasteiger partial charge in [-0.1, -0.05) is 25.1 Å². The van der Waals surface area contributed by atoms with E-state index in [1.807, 2.05) is 37.3 Å². The quantitative estimate of drug-likeness (QED) is 0.769. The van der Waals surface area contributed by atoms with Crippen LogP contribution in [-0.4, -0.2) is 45.1 Å². The van der Waals surface area contributed by atoms with Crippen LogP contribution in [0.2, 0.25) is 0 Å². The zero-order chi connectivity index (χ0) is 19.0. The smallest absolute Gasteiger partial charge is 0.291 e. The van der Waals surface area contributed by atoms with Gasteiger partial charge in [0.25, 0.3) is 5.91 Å². The van der Waals surface area contributed by atoms with E-state index < -0.39 is 6.10 Å². The molecule has 1 aliphatic rings. The van der Waals surface area contributed by atoms with E-state index in [9.17, 15) is 9.90 Å². The van der Waals surface area contributed by atoms with Crippen molar-refractivity contribution in [3.05, 3.63) is 59.4 Å². The second-order valence-corrected chi connectivity index (χ2v) is 7.10. The maximum absolute atomic E-state index is 12.8. The molecule has 1 amide bonds. The molecule has 0 unspecified atom stereocenters. The second kappa shape index (κ2) is 7.12. The number of aryl methyl sites for hydroxylation is 2. The molecule has 27 heavy (non-hydrogen) atoms. The Labute approximate surface area is 157 Å². The fourth-order valence-electron chi connectivity index (χ4n) is 3.78. The fraction of sp³-hybridized carbons (Fsp3) is 0.381. The highest BCUT2D eigenvalue weighted by molar-refractivity contribution is 5.92. The molecule has 0 bridgehead atoms. The van der Waals surface area contributed by atoms with E-state index in [1.165, 1.54) is 0 Å². The molecular weight excluding hydrogens is 342 g/mol. The maximum Gasteiger partial charge on any atom is 0.291 e. The molecule has 0 saturated carbocycles. The molecule has 2 atom stereocenters. The van der Waals surface area contributed by atoms with Crippen LogP contribution in [-0.2, 0) is 12.8 Å². The highest BCUT2D eigenvalue weighted by atomic mass is 16.4. The molecule has 0 radical (unpaired) electrons. The minimum atomic E-state index is -0.560. The van der Waals surface area contributed by atoms with E-state index in [4.69, 9.17) is 4.42 Å². The number of fused-ring (bicyclic) bond motifs is 1. The summed E-state index contributed by atoms with van der Waals surface area (Å²) >= 11 is 0. The number of oxazole rings is 1. The van der Waals surface area contributed by atoms with Gasteiger partial charge < -0.3 is 14.4 Å². The summed E-state index contributed by atoms with van der Waals surface area (Å²) in [5.41, 5.74) is 2.69. The van der Waals surface area contributed by atoms with Crippen LogP contribution in [0.4, 0.5) is 0 Å². The first kappa shape index (κ1) is 17.7. The van der Waals surface area contributed by atoms with Crippen LogP contribution in [0.25, 0.3) is 10.9 Å². The van der Waals surface area contributed by atoms with Crippen molar-refractivity contribution >= 4 is 16.8 Å². The summed E-state index contributed by atoms with van der Waals surface area (Å²) in [7, 11) is 0. The molecular formula is C21H23N3O3. The molecule has 1 aliphatic heterocycles. The van der Waals surface area contributed by atoms with Gasteiger partial charge in [0.2, 0.25) is 5.76 Å². The Balaban J connectivity index is 1.53. The number of pyridine rings is 1. The molecule has 140 valence electrons. The first-order valence-corrected chi connectivity index (χ1v) is 9.33. The Hall–Kier alpha value is -2.73. The number of hydrogen-bond donors (Lipinski definition) is 1. The van der Waals surface area contributed by atoms with Crippen LogP contribution in [0.5, 0.6) is 0 Å². The van der Waals surface area contributed by atoms with Crippen molar-refractivity contribution in [3.8, 4) is 0 Å². The molecule has 1 N–H and O–H groups in total. The van der Waals surface area contributed by atoms with Crippen LogP contribution < -0.4 is 0 Å². The summed E-state index contributed by atoms with van der Waals surface area (Å²) in [5.74, 6) is 0.638. The number of hydrogen-bond acceptors (Lipinski definition) is 5. The first-order valence-electron chi connectivity index (χ1n) is 9.33. The average Bonchev–Trinajstić information content (AvgIpc) is 3.24. The van der Waals surface area contributed by atoms with Gasteiger partial charge in [-0.3, -0.25) is 9.78 Å². The van der Waals surface area contributed by atoms with Gasteiger partial charge in [0.05, 0.1) is 17.3 Å². The molecule has 0 spiro atoms. The third-order valence-corrected chi connectivity index (χ3v) is 5.25. The number of likely N-dealkylation sites (tertiary alicyclic amines) is 1. The second-order valence-electron chi connectivity index (χ2n) is 7.10. The highest BCUT2D eigenvalue weighted by Crippen LogP contribution is 2.27. The molecule has 3 heterocycles. The topological polar surface area (TPSA) is 79.5 Å². The lowest BCUT2D eigenvalue weighted by atomic mass is 9.94. The van der Waals surface area contributed by atoms with Gasteiger partial charge in [-0.2, -0.15) is 0 Å². The molecule has 1 aromatic carbocycles. The Morgan fingerprint density at radius 2 is 2.11 bits per heavy atom. The highest BCUT2D eigenvalue weighted by Gasteiger charge is 2.36. The minimum Gasteiger partial charge on any atom is -0.435 e. The van der Waals surface area contributed by atoms with Gasteiger partial charge in [-0.25, -0.2) is 4.98 Å². The zero-order valence-corrected chi connectivity index (χ0v) is 15.6. The van der Waals surface area contributed by atoms with Crippen molar-refractivity contribution in [1.82, 2.24) is 14.9 Å². The Morgan fingerprint density at radius 1 is 1.30 bits per heavy atom. The van der Waals surface area contributed by atoms with Crippen LogP contribution in [0, 0.1) is 12.8 Å². The van der Waals surface area contributed by atoms with Crippen molar-refractivity contribution in [1.29, 1.82) is 0 Å². The van der Waals surface area contributed by atoms with Crippen molar-refractivity contribution in [2.75, 3.05) is 13.1 Å². The number of β-amino-alcohol motifs (C(OH)–C–C–N with tert-alkyl or cyclic N) is 1. The van der Waals surface area contributed by atoms with Gasteiger partial charge in [-0.15, -0.1) is 0 Å². The molecule has 2 aromatic heterocycles. The van der Waals surface area contributed by atoms with Gasteiger partial charge in [0.15, 0.2) is 5.89 Å². The third kappa shape index (κ3) is 3.32. The van der Waals surface area contributed by atoms with E-state index in [0.29, 0.717) is 37.5 Å². The number of rotatable bonds is 4. The number of carbonyl (C=O) groups excluding carboxylic acids is 1. The molecule has 1 fully saturated rings. The number of amides is 1. The number of aliphatic hydroxyl groups is 1. The van der Waals surface area contributed by atoms with Crippen molar-refractivity contribution in [2.24, 2.45) is 5.92 Å². The van der Waals surface area contributed by atoms with E-state index in [-0.39, 0.29) is 17.6 Å². The first-order chi connectivity index (χ1) is 13.1. The number of benzene rings is 1. The van der Waals surface area contributed by atoms with Gasteiger partial charge in [0.1, 0.15) is 0 Å². The van der Waals surface area contributed by atoms with Gasteiger partial charge in [0, 0.05) is 37.0 Å². The molecule has 4 rings (SSSR count). The lowest BCUT2D eigenvalue weighted by Gasteiger charge is -2.15. The average molecular weight is 365 g/mol. The predicted molar refractivity (Wildman–Crippen MR) is 101 cm³/mol. The van der Waals surface area contributed by atoms with E-state index in [2.05, 4.69) is 9.97 Å². The number of para-hydroxylation sites is 1. The SMILES string of the molecule is CCc1nc(C)c(C(=O)N2C[C@@H](Cc3ccnc4ccccc34)[C@H](O)C2)o1. The Morgan fingerprint density at radius 3 is 2.89 bits per heavy atom. The summed E-state index contributed by atoms with van der Waals surface area (Å²) < 4.78 is 5.59. The fourth-order valence-corrected chi connectivity index (χ4v) is 3.78. The van der Waals surface area contributed by atoms with Crippen molar-refractivity contribution in [3.63, 3.8) is 0 Å². The summed E-state index contributed by atoms with van der Waals surface area (Å²) in [5, 5.41) is 11.6. The number of aliphatic hydroxyl groups excluding tert-OH is 1. The number of carbonyl (C=O) groups is 1. The Bertz CT molecular complexity index is 976. The van der Waals surface area contributed by atoms with E-state index in [0.717, 1.165) is 16.5 Å². The Kier molecular flexibility index (Phi) is 4.66. The standard InChI is InChI=1S/C21H23N3O3/c1-3-19-23-13(2)20(27-19)21(26)24-11-15(18(25)12-24)10-14-8-9-22-17-7-5-4-6-16(14)17/h4-9,15,18,25H,3,10-12H2,1-2H3/t15-,18-/m1/s1. The summed E-state index contributed by atoms with van der Waals surface area (Å²) in [6.07, 6.45) is 2.58. The van der Waals surface area contributed by atoms with E-state index in [1.54, 1.807) is 18.0 Å². The van der Waals surface area contributed by atoms with E-state index >= 15 is 0 Å². The zero-order valence-electron chi connectivity index (χ0n) is 15.6. The van der Waals surface area contributed by atoms with Crippen molar-refractivity contribution in [2.45, 2.75) is 32.8 Å². The lowest BCUT2D eigenvalue weighted by molar-refractivity contribution is 0.0731. The molecule has 0 aliphatic carbocycles. The largest absolute Gasteiger partial charge is 0.435 e. The summed E-state index contributed by atoms with van der Waals surface area (Å²) in [6.45, 7) is 4.53. The van der Waals surface area contributed by atoms with Crippen LogP contribution >= 0.6 is 0 Å². The van der Waals surface area contributed by atoms with Gasteiger partial charge >= 0.3 is 0 Å². The predicted octanol–water partition coefficient (Wildman–Crippen LogP) is 2.77. The third-order valence-electron chi connectivity index (χ3n) is 5.25. The van der Waals surface area contributed by atoms with Gasteiger partial charge in [-0.05, 0) is 31.0 Å². The molecule has 6 nitrogen and oxygen atoms in total. The molecule has 6 heteroatoms. The molecule has 3 aromatic rings. The van der Waals surface area contributed by atoms with Crippen molar-refractivity contribution < 1.29 is 14.3 Å². The summed E-state index contributed by atoms with van der Waals surface area (Å²) in [6, 6.07) is 9.98. The summed E-state index contributed by atoms with van der Waals surface area (Å²) in [4.78, 5) is 23.2. The molecule has 1 saturated heterocycles. The monoisotopic (exact) mass is 365 g/mol. The number of aromatic nitrogens is 2. The van der Waals surface area contributed by atoms with Crippen LogP contribution in [0.1, 0.15) is 34.6 Å². The lowest BCUT2D eigenvalue weighted by Crippen LogP contribution is -2.29.